The average Bonchev–Trinajstić information content (AvgIpc) is 1.98. The maximum absolute atomic E-state index is 2.83. The van der Waals surface area contributed by atoms with Crippen LogP contribution in [0.3, 0.4) is 0 Å². The van der Waals surface area contributed by atoms with Gasteiger partial charge in [-0.05, 0) is 36.3 Å². The molecule has 1 aliphatic rings. The third-order valence-corrected chi connectivity index (χ3v) is 3.84. The normalized spacial score (nSPS) is 46.8. The van der Waals surface area contributed by atoms with Gasteiger partial charge in [0.2, 0.25) is 0 Å². The Hall–Kier alpha value is 0.430. The Bertz CT molecular complexity index is 101. The molecule has 1 rings (SSSR count). The molecule has 60 valence electrons. The lowest BCUT2D eigenvalue weighted by molar-refractivity contribution is 0.0141. The Morgan fingerprint density at radius 1 is 1.00 bits per heavy atom. The van der Waals surface area contributed by atoms with Crippen molar-refractivity contribution in [3.05, 3.63) is 0 Å². The molecule has 0 aromatic rings. The zero-order valence-electron chi connectivity index (χ0n) is 7.30. The van der Waals surface area contributed by atoms with Crippen molar-refractivity contribution in [3.8, 4) is 0 Å². The molecule has 3 unspecified atom stereocenters. The fraction of sp³-hybridized carbons (Fsp3) is 1.00. The van der Waals surface area contributed by atoms with E-state index in [0.29, 0.717) is 0 Å². The van der Waals surface area contributed by atoms with E-state index < -0.39 is 0 Å². The van der Waals surface area contributed by atoms with Crippen LogP contribution in [-0.4, -0.2) is 6.16 Å². The van der Waals surface area contributed by atoms with E-state index in [4.69, 9.17) is 0 Å². The van der Waals surface area contributed by atoms with Gasteiger partial charge in [0.25, 0.3) is 0 Å². The quantitative estimate of drug-likeness (QED) is 0.542. The maximum atomic E-state index is 2.83. The monoisotopic (exact) mass is 158 g/mol. The van der Waals surface area contributed by atoms with E-state index in [9.17, 15) is 0 Å². The predicted octanol–water partition coefficient (Wildman–Crippen LogP) is 2.79. The molecule has 0 heterocycles. The molecule has 1 saturated carbocycles. The van der Waals surface area contributed by atoms with Crippen molar-refractivity contribution in [2.24, 2.45) is 23.7 Å². The summed E-state index contributed by atoms with van der Waals surface area (Å²) in [7, 11) is 2.83. The molecule has 0 nitrogen and oxygen atoms in total. The summed E-state index contributed by atoms with van der Waals surface area (Å²) >= 11 is 0. The van der Waals surface area contributed by atoms with Crippen LogP contribution in [0, 0.1) is 23.7 Å². The van der Waals surface area contributed by atoms with Crippen LogP contribution in [0.1, 0.15) is 27.2 Å². The van der Waals surface area contributed by atoms with Crippen LogP contribution in [0.5, 0.6) is 0 Å². The highest BCUT2D eigenvalue weighted by atomic mass is 31.0. The summed E-state index contributed by atoms with van der Waals surface area (Å²) in [6.07, 6.45) is 2.70. The molecule has 0 saturated heterocycles. The SMILES string of the molecule is CC1C(C)C(CCP)C1C. The van der Waals surface area contributed by atoms with Crippen molar-refractivity contribution in [3.63, 3.8) is 0 Å². The van der Waals surface area contributed by atoms with Crippen molar-refractivity contribution >= 4 is 9.24 Å². The molecule has 0 amide bonds. The fourth-order valence-electron chi connectivity index (χ4n) is 2.31. The zero-order valence-corrected chi connectivity index (χ0v) is 8.46. The van der Waals surface area contributed by atoms with Gasteiger partial charge in [-0.1, -0.05) is 20.8 Å². The molecule has 1 heteroatoms. The minimum atomic E-state index is 0.974. The van der Waals surface area contributed by atoms with Crippen molar-refractivity contribution in [2.45, 2.75) is 27.2 Å². The molecule has 0 spiro atoms. The highest BCUT2D eigenvalue weighted by molar-refractivity contribution is 7.16. The highest BCUT2D eigenvalue weighted by Gasteiger charge is 2.40. The van der Waals surface area contributed by atoms with Gasteiger partial charge in [-0.15, -0.1) is 9.24 Å². The largest absolute Gasteiger partial charge is 0.138 e. The van der Waals surface area contributed by atoms with Gasteiger partial charge >= 0.3 is 0 Å². The summed E-state index contributed by atoms with van der Waals surface area (Å²) in [4.78, 5) is 0. The van der Waals surface area contributed by atoms with Gasteiger partial charge in [0.1, 0.15) is 0 Å². The molecule has 0 aliphatic heterocycles. The first-order valence-electron chi connectivity index (χ1n) is 4.38. The van der Waals surface area contributed by atoms with Crippen LogP contribution in [0.15, 0.2) is 0 Å². The van der Waals surface area contributed by atoms with Crippen LogP contribution < -0.4 is 0 Å². The van der Waals surface area contributed by atoms with Crippen LogP contribution in [-0.2, 0) is 0 Å². The molecule has 0 radical (unpaired) electrons. The van der Waals surface area contributed by atoms with E-state index in [2.05, 4.69) is 30.0 Å². The lowest BCUT2D eigenvalue weighted by atomic mass is 9.58. The molecule has 10 heavy (non-hydrogen) atoms. The third kappa shape index (κ3) is 1.23. The standard InChI is InChI=1S/C9H19P/c1-6-7(2)9(4-5-10)8(6)3/h6-9H,4-5,10H2,1-3H3. The van der Waals surface area contributed by atoms with E-state index in [1.807, 2.05) is 0 Å². The molecule has 1 aliphatic carbocycles. The summed E-state index contributed by atoms with van der Waals surface area (Å²) in [6.45, 7) is 7.18. The zero-order chi connectivity index (χ0) is 7.72. The van der Waals surface area contributed by atoms with Crippen molar-refractivity contribution in [2.75, 3.05) is 6.16 Å². The van der Waals surface area contributed by atoms with Crippen LogP contribution in [0.2, 0.25) is 0 Å². The lowest BCUT2D eigenvalue weighted by Crippen LogP contribution is -2.42. The Kier molecular flexibility index (Phi) is 2.74. The molecule has 0 N–H and O–H groups in total. The Morgan fingerprint density at radius 2 is 1.50 bits per heavy atom. The van der Waals surface area contributed by atoms with E-state index in [1.165, 1.54) is 12.6 Å². The van der Waals surface area contributed by atoms with Gasteiger partial charge in [0.15, 0.2) is 0 Å². The second-order valence-electron chi connectivity index (χ2n) is 3.82. The topological polar surface area (TPSA) is 0 Å². The molecule has 3 atom stereocenters. The molecule has 0 aromatic heterocycles. The van der Waals surface area contributed by atoms with Crippen molar-refractivity contribution in [1.82, 2.24) is 0 Å². The second kappa shape index (κ2) is 3.22. The minimum Gasteiger partial charge on any atom is -0.138 e. The highest BCUT2D eigenvalue weighted by Crippen LogP contribution is 2.47. The number of hydrogen-bond donors (Lipinski definition) is 0. The van der Waals surface area contributed by atoms with Gasteiger partial charge in [0, 0.05) is 0 Å². The lowest BCUT2D eigenvalue weighted by Gasteiger charge is -2.48. The fourth-order valence-corrected chi connectivity index (χ4v) is 2.70. The summed E-state index contributed by atoms with van der Waals surface area (Å²) in [5.74, 6) is 3.96. The van der Waals surface area contributed by atoms with Gasteiger partial charge in [-0.2, -0.15) is 0 Å². The summed E-state index contributed by atoms with van der Waals surface area (Å²) in [5.41, 5.74) is 0. The Balaban J connectivity index is 2.34. The van der Waals surface area contributed by atoms with Gasteiger partial charge in [-0.3, -0.25) is 0 Å². The van der Waals surface area contributed by atoms with Gasteiger partial charge in [0.05, 0.1) is 0 Å². The van der Waals surface area contributed by atoms with Crippen LogP contribution >= 0.6 is 9.24 Å². The van der Waals surface area contributed by atoms with Crippen molar-refractivity contribution in [1.29, 1.82) is 0 Å². The maximum Gasteiger partial charge on any atom is -0.0354 e. The van der Waals surface area contributed by atoms with E-state index in [-0.39, 0.29) is 0 Å². The van der Waals surface area contributed by atoms with E-state index in [1.54, 1.807) is 0 Å². The van der Waals surface area contributed by atoms with Gasteiger partial charge in [-0.25, -0.2) is 0 Å². The smallest absolute Gasteiger partial charge is 0.0354 e. The van der Waals surface area contributed by atoms with E-state index in [0.717, 1.165) is 23.7 Å². The average molecular weight is 158 g/mol. The molecule has 1 fully saturated rings. The molecule has 0 bridgehead atoms. The molecule has 0 aromatic carbocycles. The Morgan fingerprint density at radius 3 is 1.90 bits per heavy atom. The second-order valence-corrected chi connectivity index (χ2v) is 4.40. The van der Waals surface area contributed by atoms with Gasteiger partial charge < -0.3 is 0 Å². The number of rotatable bonds is 2. The van der Waals surface area contributed by atoms with Crippen molar-refractivity contribution < 1.29 is 0 Å². The molecular formula is C9H19P. The number of hydrogen-bond acceptors (Lipinski definition) is 0. The third-order valence-electron chi connectivity index (χ3n) is 3.51. The van der Waals surface area contributed by atoms with Crippen LogP contribution in [0.4, 0.5) is 0 Å². The molecular weight excluding hydrogens is 139 g/mol. The summed E-state index contributed by atoms with van der Waals surface area (Å²) in [5, 5.41) is 0. The first kappa shape index (κ1) is 8.53. The Labute approximate surface area is 67.0 Å². The predicted molar refractivity (Wildman–Crippen MR) is 50.2 cm³/mol. The van der Waals surface area contributed by atoms with Crippen LogP contribution in [0.25, 0.3) is 0 Å². The summed E-state index contributed by atoms with van der Waals surface area (Å²) < 4.78 is 0. The first-order valence-corrected chi connectivity index (χ1v) is 5.20. The summed E-state index contributed by atoms with van der Waals surface area (Å²) in [6, 6.07) is 0. The van der Waals surface area contributed by atoms with E-state index >= 15 is 0 Å². The first-order chi connectivity index (χ1) is 4.68. The minimum absolute atomic E-state index is 0.974.